The van der Waals surface area contributed by atoms with E-state index >= 15 is 0 Å². The Morgan fingerprint density at radius 1 is 1.46 bits per heavy atom. The van der Waals surface area contributed by atoms with Crippen molar-refractivity contribution in [3.05, 3.63) is 0 Å². The molecule has 0 N–H and O–H groups in total. The van der Waals surface area contributed by atoms with E-state index in [1.807, 2.05) is 7.05 Å². The minimum absolute atomic E-state index is 0.0617. The lowest BCUT2D eigenvalue weighted by Crippen LogP contribution is -2.40. The third-order valence-corrected chi connectivity index (χ3v) is 2.42. The highest BCUT2D eigenvalue weighted by molar-refractivity contribution is 4.80. The Labute approximate surface area is 76.3 Å². The van der Waals surface area contributed by atoms with Gasteiger partial charge in [-0.3, -0.25) is 4.90 Å². The maximum absolute atomic E-state index is 12.0. The molecule has 0 aliphatic carbocycles. The van der Waals surface area contributed by atoms with Gasteiger partial charge in [-0.15, -0.1) is 0 Å². The molecule has 1 unspecified atom stereocenters. The van der Waals surface area contributed by atoms with Gasteiger partial charge >= 0.3 is 6.18 Å². The fourth-order valence-corrected chi connectivity index (χ4v) is 1.68. The molecular weight excluding hydrogens is 181 g/mol. The number of rotatable bonds is 2. The average molecular weight is 196 g/mol. The van der Waals surface area contributed by atoms with Crippen molar-refractivity contribution < 1.29 is 13.2 Å². The van der Waals surface area contributed by atoms with Crippen molar-refractivity contribution in [3.8, 4) is 0 Å². The summed E-state index contributed by atoms with van der Waals surface area (Å²) in [6.07, 6.45) is -3.24. The van der Waals surface area contributed by atoms with Gasteiger partial charge in [0.2, 0.25) is 0 Å². The van der Waals surface area contributed by atoms with Crippen molar-refractivity contribution in [2.75, 3.05) is 33.7 Å². The van der Waals surface area contributed by atoms with Crippen LogP contribution in [0.4, 0.5) is 13.2 Å². The predicted molar refractivity (Wildman–Crippen MR) is 44.6 cm³/mol. The van der Waals surface area contributed by atoms with Crippen LogP contribution in [0.1, 0.15) is 6.42 Å². The highest BCUT2D eigenvalue weighted by atomic mass is 19.4. The number of likely N-dealkylation sites (N-methyl/N-ethyl adjacent to an activating group) is 2. The highest BCUT2D eigenvalue weighted by Crippen LogP contribution is 2.20. The summed E-state index contributed by atoms with van der Waals surface area (Å²) in [5.41, 5.74) is 0. The van der Waals surface area contributed by atoms with Crippen LogP contribution < -0.4 is 0 Å². The lowest BCUT2D eigenvalue weighted by molar-refractivity contribution is -0.146. The molecule has 5 heteroatoms. The van der Waals surface area contributed by atoms with Gasteiger partial charge in [-0.1, -0.05) is 0 Å². The molecule has 0 aromatic carbocycles. The molecule has 1 rings (SSSR count). The van der Waals surface area contributed by atoms with E-state index in [-0.39, 0.29) is 6.04 Å². The van der Waals surface area contributed by atoms with Gasteiger partial charge in [0.05, 0.1) is 6.54 Å². The fourth-order valence-electron chi connectivity index (χ4n) is 1.68. The Morgan fingerprint density at radius 3 is 2.46 bits per heavy atom. The van der Waals surface area contributed by atoms with Gasteiger partial charge < -0.3 is 4.90 Å². The molecule has 0 aromatic rings. The molecule has 1 heterocycles. The standard InChI is InChI=1S/C8H15F3N2/c1-12-4-3-7(5-12)13(2)6-8(9,10)11/h7H,3-6H2,1-2H3. The van der Waals surface area contributed by atoms with Crippen LogP contribution in [0.2, 0.25) is 0 Å². The van der Waals surface area contributed by atoms with Crippen LogP contribution in [0.25, 0.3) is 0 Å². The zero-order valence-electron chi connectivity index (χ0n) is 7.93. The number of nitrogens with zero attached hydrogens (tertiary/aromatic N) is 2. The van der Waals surface area contributed by atoms with E-state index in [9.17, 15) is 13.2 Å². The fraction of sp³-hybridized carbons (Fsp3) is 1.00. The summed E-state index contributed by atoms with van der Waals surface area (Å²) < 4.78 is 36.0. The average Bonchev–Trinajstić information content (AvgIpc) is 2.31. The van der Waals surface area contributed by atoms with E-state index in [1.54, 1.807) is 0 Å². The minimum atomic E-state index is -4.07. The molecule has 0 radical (unpaired) electrons. The monoisotopic (exact) mass is 196 g/mol. The van der Waals surface area contributed by atoms with Crippen LogP contribution in [0.15, 0.2) is 0 Å². The Hall–Kier alpha value is -0.290. The SMILES string of the molecule is CN1CCC(N(C)CC(F)(F)F)C1. The number of likely N-dealkylation sites (tertiary alicyclic amines) is 1. The van der Waals surface area contributed by atoms with Crippen molar-refractivity contribution in [2.24, 2.45) is 0 Å². The Bertz CT molecular complexity index is 169. The lowest BCUT2D eigenvalue weighted by atomic mass is 10.2. The second-order valence-corrected chi connectivity index (χ2v) is 3.74. The van der Waals surface area contributed by atoms with Gasteiger partial charge in [0.25, 0.3) is 0 Å². The Balaban J connectivity index is 2.36. The molecule has 0 amide bonds. The zero-order valence-corrected chi connectivity index (χ0v) is 7.93. The quantitative estimate of drug-likeness (QED) is 0.654. The molecule has 1 saturated heterocycles. The van der Waals surface area contributed by atoms with Gasteiger partial charge in [-0.2, -0.15) is 13.2 Å². The van der Waals surface area contributed by atoms with Crippen LogP contribution in [0.5, 0.6) is 0 Å². The van der Waals surface area contributed by atoms with Gasteiger partial charge in [-0.05, 0) is 27.1 Å². The summed E-state index contributed by atoms with van der Waals surface area (Å²) in [5.74, 6) is 0. The van der Waals surface area contributed by atoms with Gasteiger partial charge in [0.1, 0.15) is 0 Å². The second-order valence-electron chi connectivity index (χ2n) is 3.74. The number of hydrogen-bond donors (Lipinski definition) is 0. The summed E-state index contributed by atoms with van der Waals surface area (Å²) in [7, 11) is 3.47. The molecule has 78 valence electrons. The van der Waals surface area contributed by atoms with Gasteiger partial charge in [0, 0.05) is 12.6 Å². The Kier molecular flexibility index (Phi) is 3.18. The maximum atomic E-state index is 12.0. The minimum Gasteiger partial charge on any atom is -0.305 e. The first-order valence-corrected chi connectivity index (χ1v) is 4.34. The van der Waals surface area contributed by atoms with Crippen LogP contribution in [-0.2, 0) is 0 Å². The van der Waals surface area contributed by atoms with E-state index in [0.29, 0.717) is 0 Å². The molecule has 1 aliphatic rings. The van der Waals surface area contributed by atoms with Gasteiger partial charge in [0.15, 0.2) is 0 Å². The van der Waals surface area contributed by atoms with Crippen LogP contribution in [0, 0.1) is 0 Å². The zero-order chi connectivity index (χ0) is 10.1. The third-order valence-electron chi connectivity index (χ3n) is 2.42. The van der Waals surface area contributed by atoms with Crippen LogP contribution in [0.3, 0.4) is 0 Å². The molecule has 0 aromatic heterocycles. The molecule has 0 saturated carbocycles. The molecule has 2 nitrogen and oxygen atoms in total. The molecular formula is C8H15F3N2. The Morgan fingerprint density at radius 2 is 2.08 bits per heavy atom. The van der Waals surface area contributed by atoms with E-state index in [0.717, 1.165) is 19.5 Å². The molecule has 13 heavy (non-hydrogen) atoms. The van der Waals surface area contributed by atoms with E-state index in [4.69, 9.17) is 0 Å². The molecule has 0 spiro atoms. The van der Waals surface area contributed by atoms with Crippen LogP contribution in [-0.4, -0.2) is 55.7 Å². The largest absolute Gasteiger partial charge is 0.401 e. The molecule has 1 aliphatic heterocycles. The summed E-state index contributed by atoms with van der Waals surface area (Å²) in [6.45, 7) is 0.838. The summed E-state index contributed by atoms with van der Waals surface area (Å²) in [6, 6.07) is 0.0617. The molecule has 1 atom stereocenters. The van der Waals surface area contributed by atoms with Crippen molar-refractivity contribution in [1.82, 2.24) is 9.80 Å². The summed E-state index contributed by atoms with van der Waals surface area (Å²) in [4.78, 5) is 3.45. The first-order valence-electron chi connectivity index (χ1n) is 4.34. The molecule has 1 fully saturated rings. The van der Waals surface area contributed by atoms with Crippen LogP contribution >= 0.6 is 0 Å². The van der Waals surface area contributed by atoms with E-state index in [1.165, 1.54) is 11.9 Å². The number of hydrogen-bond acceptors (Lipinski definition) is 2. The number of halogens is 3. The van der Waals surface area contributed by atoms with Crippen molar-refractivity contribution in [3.63, 3.8) is 0 Å². The smallest absolute Gasteiger partial charge is 0.305 e. The number of alkyl halides is 3. The van der Waals surface area contributed by atoms with E-state index < -0.39 is 12.7 Å². The first-order chi connectivity index (χ1) is 5.88. The normalized spacial score (nSPS) is 25.8. The molecule has 0 bridgehead atoms. The van der Waals surface area contributed by atoms with Gasteiger partial charge in [-0.25, -0.2) is 0 Å². The van der Waals surface area contributed by atoms with Crippen molar-refractivity contribution in [2.45, 2.75) is 18.6 Å². The van der Waals surface area contributed by atoms with Crippen molar-refractivity contribution in [1.29, 1.82) is 0 Å². The van der Waals surface area contributed by atoms with Crippen molar-refractivity contribution >= 4 is 0 Å². The lowest BCUT2D eigenvalue weighted by Gasteiger charge is -2.24. The predicted octanol–water partition coefficient (Wildman–Crippen LogP) is 1.18. The maximum Gasteiger partial charge on any atom is 0.401 e. The first kappa shape index (κ1) is 10.8. The topological polar surface area (TPSA) is 6.48 Å². The summed E-state index contributed by atoms with van der Waals surface area (Å²) >= 11 is 0. The second kappa shape index (κ2) is 3.84. The van der Waals surface area contributed by atoms with E-state index in [2.05, 4.69) is 4.90 Å². The summed E-state index contributed by atoms with van der Waals surface area (Å²) in [5, 5.41) is 0. The highest BCUT2D eigenvalue weighted by Gasteiger charge is 2.33. The third kappa shape index (κ3) is 3.52.